The predicted octanol–water partition coefficient (Wildman–Crippen LogP) is 2.32. The van der Waals surface area contributed by atoms with Gasteiger partial charge in [0.05, 0.1) is 7.05 Å². The predicted molar refractivity (Wildman–Crippen MR) is 76.8 cm³/mol. The second kappa shape index (κ2) is 6.42. The summed E-state index contributed by atoms with van der Waals surface area (Å²) >= 11 is 0. The molecule has 0 aliphatic heterocycles. The Balaban J connectivity index is 1.93. The zero-order valence-corrected chi connectivity index (χ0v) is 13.1. The second-order valence-corrected chi connectivity index (χ2v) is 6.61. The average molecular weight is 279 g/mol. The Morgan fingerprint density at radius 3 is 2.80 bits per heavy atom. The minimum absolute atomic E-state index is 0.0931. The third kappa shape index (κ3) is 3.84. The van der Waals surface area contributed by atoms with Gasteiger partial charge in [0.2, 0.25) is 6.33 Å². The molecule has 0 aromatic carbocycles. The number of imidazole rings is 1. The van der Waals surface area contributed by atoms with Crippen LogP contribution in [0.5, 0.6) is 0 Å². The van der Waals surface area contributed by atoms with E-state index in [1.165, 1.54) is 12.8 Å². The zero-order chi connectivity index (χ0) is 14.7. The average Bonchev–Trinajstić information content (AvgIpc) is 2.74. The van der Waals surface area contributed by atoms with Gasteiger partial charge in [0.15, 0.2) is 6.54 Å². The number of hydrogen-bond donors (Lipinski definition) is 0. The summed E-state index contributed by atoms with van der Waals surface area (Å²) in [5, 5.41) is 0. The topological polar surface area (TPSA) is 35.1 Å². The molecule has 0 radical (unpaired) electrons. The van der Waals surface area contributed by atoms with E-state index in [0.717, 1.165) is 6.42 Å². The molecule has 1 saturated carbocycles. The molecule has 4 heteroatoms. The Morgan fingerprint density at radius 2 is 2.20 bits per heavy atom. The van der Waals surface area contributed by atoms with Crippen molar-refractivity contribution >= 4 is 5.97 Å². The lowest BCUT2D eigenvalue weighted by Gasteiger charge is -2.36. The Morgan fingerprint density at radius 1 is 1.45 bits per heavy atom. The summed E-state index contributed by atoms with van der Waals surface area (Å²) in [6.07, 6.45) is 9.24. The fourth-order valence-electron chi connectivity index (χ4n) is 3.20. The number of aromatic nitrogens is 2. The molecule has 0 N–H and O–H groups in total. The number of esters is 1. The summed E-state index contributed by atoms with van der Waals surface area (Å²) in [4.78, 5) is 12.1. The molecule has 4 nitrogen and oxygen atoms in total. The van der Waals surface area contributed by atoms with E-state index in [4.69, 9.17) is 4.74 Å². The van der Waals surface area contributed by atoms with Gasteiger partial charge >= 0.3 is 5.97 Å². The third-order valence-electron chi connectivity index (χ3n) is 4.38. The molecule has 0 amide bonds. The summed E-state index contributed by atoms with van der Waals surface area (Å²) < 4.78 is 9.56. The molecule has 1 aromatic heterocycles. The van der Waals surface area contributed by atoms with Gasteiger partial charge in [-0.2, -0.15) is 0 Å². The lowest BCUT2D eigenvalue weighted by molar-refractivity contribution is -0.671. The number of carbonyl (C=O) groups is 1. The van der Waals surface area contributed by atoms with Gasteiger partial charge in [0, 0.05) is 0 Å². The van der Waals surface area contributed by atoms with Crippen molar-refractivity contribution in [2.75, 3.05) is 0 Å². The molecular formula is C16H27N2O2+. The minimum atomic E-state index is -0.119. The molecule has 112 valence electrons. The SMILES string of the molecule is CC1CCC(C(C)C)C(OC(=O)Cn2cc[n+](C)c2)C1. The zero-order valence-electron chi connectivity index (χ0n) is 13.1. The highest BCUT2D eigenvalue weighted by molar-refractivity contribution is 5.69. The highest BCUT2D eigenvalue weighted by atomic mass is 16.5. The van der Waals surface area contributed by atoms with Gasteiger partial charge in [-0.3, -0.25) is 0 Å². The molecule has 2 rings (SSSR count). The van der Waals surface area contributed by atoms with Gasteiger partial charge in [0.1, 0.15) is 18.5 Å². The molecule has 3 unspecified atom stereocenters. The van der Waals surface area contributed by atoms with E-state index in [1.807, 2.05) is 34.9 Å². The van der Waals surface area contributed by atoms with Crippen LogP contribution in [0.25, 0.3) is 0 Å². The smallest absolute Gasteiger partial charge is 0.348 e. The number of aryl methyl sites for hydroxylation is 1. The molecule has 0 saturated heterocycles. The maximum Gasteiger partial charge on any atom is 0.348 e. The molecule has 3 atom stereocenters. The van der Waals surface area contributed by atoms with Crippen LogP contribution in [-0.2, 0) is 23.1 Å². The summed E-state index contributed by atoms with van der Waals surface area (Å²) in [7, 11) is 1.94. The molecule has 20 heavy (non-hydrogen) atoms. The van der Waals surface area contributed by atoms with Gasteiger partial charge < -0.3 is 4.74 Å². The van der Waals surface area contributed by atoms with Crippen molar-refractivity contribution in [2.24, 2.45) is 24.8 Å². The Hall–Kier alpha value is -1.32. The van der Waals surface area contributed by atoms with E-state index in [1.54, 1.807) is 0 Å². The van der Waals surface area contributed by atoms with Gasteiger partial charge in [0.25, 0.3) is 0 Å². The lowest BCUT2D eigenvalue weighted by Crippen LogP contribution is -2.36. The second-order valence-electron chi connectivity index (χ2n) is 6.61. The summed E-state index contributed by atoms with van der Waals surface area (Å²) in [5.41, 5.74) is 0. The standard InChI is InChI=1S/C16H27N2O2/c1-12(2)14-6-5-13(3)9-15(14)20-16(19)10-18-8-7-17(4)11-18/h7-8,11-15H,5-6,9-10H2,1-4H3/q+1. The van der Waals surface area contributed by atoms with E-state index in [0.29, 0.717) is 24.3 Å². The van der Waals surface area contributed by atoms with Crippen molar-refractivity contribution in [3.63, 3.8) is 0 Å². The van der Waals surface area contributed by atoms with Crippen molar-refractivity contribution in [2.45, 2.75) is 52.7 Å². The number of ether oxygens (including phenoxy) is 1. The van der Waals surface area contributed by atoms with Crippen molar-refractivity contribution < 1.29 is 14.1 Å². The van der Waals surface area contributed by atoms with Crippen LogP contribution in [-0.4, -0.2) is 16.6 Å². The number of hydrogen-bond acceptors (Lipinski definition) is 2. The van der Waals surface area contributed by atoms with Crippen molar-refractivity contribution in [1.29, 1.82) is 0 Å². The van der Waals surface area contributed by atoms with Gasteiger partial charge in [-0.05, 0) is 30.6 Å². The molecule has 1 aromatic rings. The van der Waals surface area contributed by atoms with Gasteiger partial charge in [-0.25, -0.2) is 13.9 Å². The number of carbonyl (C=O) groups excluding carboxylic acids is 1. The first kappa shape index (κ1) is 15.1. The molecule has 1 aliphatic rings. The van der Waals surface area contributed by atoms with Crippen LogP contribution in [0.4, 0.5) is 0 Å². The minimum Gasteiger partial charge on any atom is -0.459 e. The van der Waals surface area contributed by atoms with Crippen LogP contribution < -0.4 is 4.57 Å². The van der Waals surface area contributed by atoms with E-state index < -0.39 is 0 Å². The molecule has 0 spiro atoms. The summed E-state index contributed by atoms with van der Waals surface area (Å²) in [5.74, 6) is 1.62. The first-order chi connectivity index (χ1) is 9.45. The first-order valence-corrected chi connectivity index (χ1v) is 7.66. The lowest BCUT2D eigenvalue weighted by atomic mass is 9.75. The van der Waals surface area contributed by atoms with Crippen molar-refractivity contribution in [3.8, 4) is 0 Å². The highest BCUT2D eigenvalue weighted by Crippen LogP contribution is 2.35. The Bertz CT molecular complexity index is 453. The fourth-order valence-corrected chi connectivity index (χ4v) is 3.20. The molecule has 1 fully saturated rings. The molecular weight excluding hydrogens is 252 g/mol. The number of nitrogens with zero attached hydrogens (tertiary/aromatic N) is 2. The van der Waals surface area contributed by atoms with Gasteiger partial charge in [-0.15, -0.1) is 0 Å². The fraction of sp³-hybridized carbons (Fsp3) is 0.750. The maximum absolute atomic E-state index is 12.1. The molecule has 1 aliphatic carbocycles. The Labute approximate surface area is 121 Å². The van der Waals surface area contributed by atoms with E-state index in [-0.39, 0.29) is 12.1 Å². The molecule has 0 bridgehead atoms. The van der Waals surface area contributed by atoms with Crippen LogP contribution >= 0.6 is 0 Å². The van der Waals surface area contributed by atoms with Gasteiger partial charge in [-0.1, -0.05) is 27.2 Å². The van der Waals surface area contributed by atoms with Crippen LogP contribution in [0.1, 0.15) is 40.0 Å². The molecule has 1 heterocycles. The Kier molecular flexibility index (Phi) is 4.84. The highest BCUT2D eigenvalue weighted by Gasteiger charge is 2.33. The van der Waals surface area contributed by atoms with E-state index in [9.17, 15) is 4.79 Å². The third-order valence-corrected chi connectivity index (χ3v) is 4.38. The quantitative estimate of drug-likeness (QED) is 0.626. The van der Waals surface area contributed by atoms with E-state index >= 15 is 0 Å². The maximum atomic E-state index is 12.1. The largest absolute Gasteiger partial charge is 0.459 e. The van der Waals surface area contributed by atoms with E-state index in [2.05, 4.69) is 20.8 Å². The summed E-state index contributed by atoms with van der Waals surface area (Å²) in [6.45, 7) is 7.01. The number of rotatable bonds is 4. The van der Waals surface area contributed by atoms with Crippen LogP contribution in [0, 0.1) is 17.8 Å². The monoisotopic (exact) mass is 279 g/mol. The van der Waals surface area contributed by atoms with Crippen molar-refractivity contribution in [3.05, 3.63) is 18.7 Å². The van der Waals surface area contributed by atoms with Crippen molar-refractivity contribution in [1.82, 2.24) is 4.57 Å². The van der Waals surface area contributed by atoms with Crippen LogP contribution in [0.15, 0.2) is 18.7 Å². The first-order valence-electron chi connectivity index (χ1n) is 7.66. The normalized spacial score (nSPS) is 26.8. The van der Waals surface area contributed by atoms with Crippen LogP contribution in [0.2, 0.25) is 0 Å². The van der Waals surface area contributed by atoms with Crippen LogP contribution in [0.3, 0.4) is 0 Å². The summed E-state index contributed by atoms with van der Waals surface area (Å²) in [6, 6.07) is 0.